The normalized spacial score (nSPS) is 16.4. The summed E-state index contributed by atoms with van der Waals surface area (Å²) in [6, 6.07) is 5.15. The van der Waals surface area contributed by atoms with Gasteiger partial charge in [-0.2, -0.15) is 0 Å². The lowest BCUT2D eigenvalue weighted by atomic mass is 10.1. The van der Waals surface area contributed by atoms with Crippen LogP contribution in [0.25, 0.3) is 0 Å². The van der Waals surface area contributed by atoms with Crippen molar-refractivity contribution in [3.05, 3.63) is 23.8 Å². The van der Waals surface area contributed by atoms with Crippen molar-refractivity contribution in [3.8, 4) is 11.5 Å². The molecule has 1 heterocycles. The average Bonchev–Trinajstić information content (AvgIpc) is 2.27. The van der Waals surface area contributed by atoms with Crippen LogP contribution >= 0.6 is 0 Å². The SMILES string of the molecule is OCC(O)c1ccc2c(c1)OCCO2. The lowest BCUT2D eigenvalue weighted by Crippen LogP contribution is -2.15. The van der Waals surface area contributed by atoms with Crippen LogP contribution < -0.4 is 9.47 Å². The highest BCUT2D eigenvalue weighted by Gasteiger charge is 2.14. The van der Waals surface area contributed by atoms with Gasteiger partial charge in [0.2, 0.25) is 0 Å². The topological polar surface area (TPSA) is 58.9 Å². The molecule has 14 heavy (non-hydrogen) atoms. The highest BCUT2D eigenvalue weighted by atomic mass is 16.6. The van der Waals surface area contributed by atoms with E-state index in [1.807, 2.05) is 0 Å². The fourth-order valence-corrected chi connectivity index (χ4v) is 1.37. The molecule has 0 radical (unpaired) electrons. The molecule has 0 aromatic heterocycles. The van der Waals surface area contributed by atoms with E-state index in [0.717, 1.165) is 0 Å². The Kier molecular flexibility index (Phi) is 2.56. The van der Waals surface area contributed by atoms with Gasteiger partial charge in [0.25, 0.3) is 0 Å². The molecule has 0 bridgehead atoms. The summed E-state index contributed by atoms with van der Waals surface area (Å²) in [6.45, 7) is 0.778. The third kappa shape index (κ3) is 1.66. The summed E-state index contributed by atoms with van der Waals surface area (Å²) in [7, 11) is 0. The van der Waals surface area contributed by atoms with Crippen LogP contribution in [0.2, 0.25) is 0 Å². The molecule has 0 saturated carbocycles. The largest absolute Gasteiger partial charge is 0.486 e. The fraction of sp³-hybridized carbons (Fsp3) is 0.400. The van der Waals surface area contributed by atoms with E-state index in [-0.39, 0.29) is 6.61 Å². The minimum Gasteiger partial charge on any atom is -0.486 e. The van der Waals surface area contributed by atoms with Gasteiger partial charge in [0.05, 0.1) is 6.61 Å². The highest BCUT2D eigenvalue weighted by Crippen LogP contribution is 2.32. The number of hydrogen-bond donors (Lipinski definition) is 2. The average molecular weight is 196 g/mol. The Hall–Kier alpha value is -1.26. The maximum Gasteiger partial charge on any atom is 0.161 e. The maximum atomic E-state index is 9.38. The van der Waals surface area contributed by atoms with Crippen LogP contribution in [-0.4, -0.2) is 30.0 Å². The molecule has 2 N–H and O–H groups in total. The molecule has 1 unspecified atom stereocenters. The quantitative estimate of drug-likeness (QED) is 0.722. The van der Waals surface area contributed by atoms with Gasteiger partial charge in [-0.25, -0.2) is 0 Å². The Labute approximate surface area is 81.7 Å². The van der Waals surface area contributed by atoms with Crippen LogP contribution in [0.1, 0.15) is 11.7 Å². The predicted octanol–water partition coefficient (Wildman–Crippen LogP) is 0.483. The Morgan fingerprint density at radius 3 is 2.64 bits per heavy atom. The van der Waals surface area contributed by atoms with Crippen molar-refractivity contribution >= 4 is 0 Å². The Morgan fingerprint density at radius 1 is 1.21 bits per heavy atom. The first-order valence-electron chi connectivity index (χ1n) is 4.49. The molecule has 0 fully saturated rings. The third-order valence-corrected chi connectivity index (χ3v) is 2.12. The molecule has 4 heteroatoms. The molecule has 2 rings (SSSR count). The second kappa shape index (κ2) is 3.86. The van der Waals surface area contributed by atoms with Gasteiger partial charge in [-0.1, -0.05) is 6.07 Å². The third-order valence-electron chi connectivity index (χ3n) is 2.12. The van der Waals surface area contributed by atoms with Gasteiger partial charge in [-0.3, -0.25) is 0 Å². The van der Waals surface area contributed by atoms with Gasteiger partial charge in [-0.05, 0) is 17.7 Å². The van der Waals surface area contributed by atoms with Crippen molar-refractivity contribution in [2.45, 2.75) is 6.10 Å². The van der Waals surface area contributed by atoms with Crippen molar-refractivity contribution in [1.29, 1.82) is 0 Å². The summed E-state index contributed by atoms with van der Waals surface area (Å²) in [5.74, 6) is 1.31. The molecule has 1 aliphatic rings. The van der Waals surface area contributed by atoms with Crippen LogP contribution in [0.4, 0.5) is 0 Å². The summed E-state index contributed by atoms with van der Waals surface area (Å²) in [5, 5.41) is 18.2. The Bertz CT molecular complexity index is 324. The van der Waals surface area contributed by atoms with Gasteiger partial charge < -0.3 is 19.7 Å². The molecule has 4 nitrogen and oxygen atoms in total. The molecule has 0 aliphatic carbocycles. The highest BCUT2D eigenvalue weighted by molar-refractivity contribution is 5.44. The van der Waals surface area contributed by atoms with Crippen molar-refractivity contribution in [2.75, 3.05) is 19.8 Å². The molecular formula is C10H12O4. The van der Waals surface area contributed by atoms with Crippen LogP contribution in [-0.2, 0) is 0 Å². The van der Waals surface area contributed by atoms with E-state index in [9.17, 15) is 5.11 Å². The van der Waals surface area contributed by atoms with Gasteiger partial charge >= 0.3 is 0 Å². The minimum absolute atomic E-state index is 0.292. The predicted molar refractivity (Wildman–Crippen MR) is 49.5 cm³/mol. The first-order chi connectivity index (χ1) is 6.81. The molecule has 0 saturated heterocycles. The lowest BCUT2D eigenvalue weighted by Gasteiger charge is -2.19. The van der Waals surface area contributed by atoms with E-state index in [1.165, 1.54) is 0 Å². The van der Waals surface area contributed by atoms with Gasteiger partial charge in [0.15, 0.2) is 11.5 Å². The van der Waals surface area contributed by atoms with Gasteiger partial charge in [-0.15, -0.1) is 0 Å². The van der Waals surface area contributed by atoms with Crippen LogP contribution in [0, 0.1) is 0 Å². The number of fused-ring (bicyclic) bond motifs is 1. The fourth-order valence-electron chi connectivity index (χ4n) is 1.37. The monoisotopic (exact) mass is 196 g/mol. The first kappa shape index (κ1) is 9.30. The van der Waals surface area contributed by atoms with E-state index >= 15 is 0 Å². The molecule has 1 aromatic carbocycles. The zero-order valence-electron chi connectivity index (χ0n) is 7.64. The van der Waals surface area contributed by atoms with E-state index < -0.39 is 6.10 Å². The molecule has 76 valence electrons. The van der Waals surface area contributed by atoms with E-state index in [1.54, 1.807) is 18.2 Å². The van der Waals surface area contributed by atoms with Crippen molar-refractivity contribution < 1.29 is 19.7 Å². The Morgan fingerprint density at radius 2 is 1.93 bits per heavy atom. The smallest absolute Gasteiger partial charge is 0.161 e. The molecule has 0 amide bonds. The summed E-state index contributed by atoms with van der Waals surface area (Å²) >= 11 is 0. The number of hydrogen-bond acceptors (Lipinski definition) is 4. The van der Waals surface area contributed by atoms with E-state index in [0.29, 0.717) is 30.3 Å². The summed E-state index contributed by atoms with van der Waals surface area (Å²) in [5.41, 5.74) is 0.636. The summed E-state index contributed by atoms with van der Waals surface area (Å²) < 4.78 is 10.7. The second-order valence-corrected chi connectivity index (χ2v) is 3.10. The molecule has 1 aromatic rings. The number of aliphatic hydroxyl groups is 2. The van der Waals surface area contributed by atoms with Gasteiger partial charge in [0.1, 0.15) is 19.3 Å². The minimum atomic E-state index is -0.856. The second-order valence-electron chi connectivity index (χ2n) is 3.10. The van der Waals surface area contributed by atoms with Crippen molar-refractivity contribution in [3.63, 3.8) is 0 Å². The maximum absolute atomic E-state index is 9.38. The molecule has 0 spiro atoms. The van der Waals surface area contributed by atoms with E-state index in [2.05, 4.69) is 0 Å². The lowest BCUT2D eigenvalue weighted by molar-refractivity contribution is 0.0948. The van der Waals surface area contributed by atoms with Crippen molar-refractivity contribution in [2.24, 2.45) is 0 Å². The molecule has 1 atom stereocenters. The van der Waals surface area contributed by atoms with Crippen LogP contribution in [0.3, 0.4) is 0 Å². The summed E-state index contributed by atoms with van der Waals surface area (Å²) in [6.07, 6.45) is -0.856. The number of ether oxygens (including phenoxy) is 2. The standard InChI is InChI=1S/C10H12O4/c11-6-8(12)7-1-2-9-10(5-7)14-4-3-13-9/h1-2,5,8,11-12H,3-4,6H2. The molecule has 1 aliphatic heterocycles. The number of benzene rings is 1. The van der Waals surface area contributed by atoms with Gasteiger partial charge in [0, 0.05) is 0 Å². The van der Waals surface area contributed by atoms with E-state index in [4.69, 9.17) is 14.6 Å². The zero-order valence-corrected chi connectivity index (χ0v) is 7.64. The number of aliphatic hydroxyl groups excluding tert-OH is 2. The van der Waals surface area contributed by atoms with Crippen LogP contribution in [0.15, 0.2) is 18.2 Å². The first-order valence-corrected chi connectivity index (χ1v) is 4.49. The zero-order chi connectivity index (χ0) is 9.97. The summed E-state index contributed by atoms with van der Waals surface area (Å²) in [4.78, 5) is 0. The van der Waals surface area contributed by atoms with Crippen molar-refractivity contribution in [1.82, 2.24) is 0 Å². The Balaban J connectivity index is 2.29. The molecular weight excluding hydrogens is 184 g/mol. The number of rotatable bonds is 2. The van der Waals surface area contributed by atoms with Crippen LogP contribution in [0.5, 0.6) is 11.5 Å².